The first-order valence-electron chi connectivity index (χ1n) is 39.2. The second-order valence-corrected chi connectivity index (χ2v) is 31.2. The maximum Gasteiger partial charge on any atom is 0.472 e. The molecule has 0 aromatic carbocycles. The number of carbonyl (C=O) groups is 4. The number of ether oxygens (including phenoxy) is 4. The zero-order chi connectivity index (χ0) is 70.9. The van der Waals surface area contributed by atoms with E-state index in [1.165, 1.54) is 161 Å². The van der Waals surface area contributed by atoms with E-state index in [9.17, 15) is 43.2 Å². The Morgan fingerprint density at radius 1 is 0.344 bits per heavy atom. The van der Waals surface area contributed by atoms with Gasteiger partial charge in [0.15, 0.2) is 12.2 Å². The number of phosphoric acid groups is 2. The number of esters is 4. The van der Waals surface area contributed by atoms with Crippen LogP contribution in [0.25, 0.3) is 0 Å². The van der Waals surface area contributed by atoms with Gasteiger partial charge in [0.1, 0.15) is 19.3 Å². The average molecular weight is 1410 g/mol. The van der Waals surface area contributed by atoms with E-state index >= 15 is 0 Å². The Labute approximate surface area is 586 Å². The van der Waals surface area contributed by atoms with Crippen LogP contribution in [0.3, 0.4) is 0 Å². The normalized spacial score (nSPS) is 14.5. The molecule has 17 nitrogen and oxygen atoms in total. The van der Waals surface area contributed by atoms with Gasteiger partial charge in [-0.05, 0) is 69.1 Å². The molecule has 0 bridgehead atoms. The Bertz CT molecular complexity index is 1970. The highest BCUT2D eigenvalue weighted by Crippen LogP contribution is 2.45. The molecule has 0 aromatic heterocycles. The molecule has 3 N–H and O–H groups in total. The van der Waals surface area contributed by atoms with E-state index in [2.05, 4.69) is 72.8 Å². The van der Waals surface area contributed by atoms with Crippen LogP contribution in [-0.2, 0) is 65.4 Å². The average Bonchev–Trinajstić information content (AvgIpc) is 2.47. The lowest BCUT2D eigenvalue weighted by Crippen LogP contribution is -2.30. The zero-order valence-electron chi connectivity index (χ0n) is 62.3. The summed E-state index contributed by atoms with van der Waals surface area (Å²) < 4.78 is 68.5. The minimum absolute atomic E-state index is 0.100. The van der Waals surface area contributed by atoms with Crippen molar-refractivity contribution in [3.63, 3.8) is 0 Å². The highest BCUT2D eigenvalue weighted by Gasteiger charge is 2.30. The first-order chi connectivity index (χ1) is 46.3. The summed E-state index contributed by atoms with van der Waals surface area (Å²) in [6, 6.07) is 0. The van der Waals surface area contributed by atoms with E-state index in [0.29, 0.717) is 25.7 Å². The third-order valence-electron chi connectivity index (χ3n) is 17.6. The Balaban J connectivity index is 5.29. The zero-order valence-corrected chi connectivity index (χ0v) is 64.1. The topological polar surface area (TPSA) is 237 Å². The van der Waals surface area contributed by atoms with Gasteiger partial charge in [0.05, 0.1) is 26.4 Å². The van der Waals surface area contributed by atoms with Gasteiger partial charge in [-0.25, -0.2) is 9.13 Å². The van der Waals surface area contributed by atoms with Crippen LogP contribution in [0, 0.1) is 17.8 Å². The van der Waals surface area contributed by atoms with Gasteiger partial charge in [-0.3, -0.25) is 37.3 Å². The van der Waals surface area contributed by atoms with Gasteiger partial charge >= 0.3 is 39.5 Å². The quantitative estimate of drug-likeness (QED) is 0.0169. The Morgan fingerprint density at radius 3 is 0.927 bits per heavy atom. The van der Waals surface area contributed by atoms with Crippen molar-refractivity contribution in [2.75, 3.05) is 39.6 Å². The fraction of sp³-hybridized carbons (Fsp3) is 0.896. The maximum absolute atomic E-state index is 13.1. The lowest BCUT2D eigenvalue weighted by atomic mass is 9.99. The number of aliphatic hydroxyl groups excluding tert-OH is 1. The number of rotatable bonds is 73. The van der Waals surface area contributed by atoms with Gasteiger partial charge < -0.3 is 33.8 Å². The van der Waals surface area contributed by atoms with Crippen LogP contribution < -0.4 is 0 Å². The number of phosphoric ester groups is 2. The molecule has 0 aliphatic rings. The summed E-state index contributed by atoms with van der Waals surface area (Å²) in [4.78, 5) is 72.8. The summed E-state index contributed by atoms with van der Waals surface area (Å²) in [6.07, 6.45) is 56.3. The Kier molecular flexibility index (Phi) is 65.3. The lowest BCUT2D eigenvalue weighted by Gasteiger charge is -2.21. The first kappa shape index (κ1) is 93.5. The van der Waals surface area contributed by atoms with Crippen LogP contribution in [0.15, 0.2) is 24.3 Å². The minimum Gasteiger partial charge on any atom is -0.462 e. The molecular formula is C77H146O17P2. The molecule has 0 radical (unpaired) electrons. The number of hydrogen-bond donors (Lipinski definition) is 3. The number of carbonyl (C=O) groups excluding carboxylic acids is 4. The molecule has 0 saturated carbocycles. The third-order valence-corrected chi connectivity index (χ3v) is 19.5. The molecule has 0 aromatic rings. The summed E-state index contributed by atoms with van der Waals surface area (Å²) in [5.74, 6) is 0.155. The van der Waals surface area contributed by atoms with E-state index in [4.69, 9.17) is 37.0 Å². The van der Waals surface area contributed by atoms with Crippen LogP contribution in [0.5, 0.6) is 0 Å². The van der Waals surface area contributed by atoms with Crippen molar-refractivity contribution in [2.45, 2.75) is 388 Å². The van der Waals surface area contributed by atoms with Crippen molar-refractivity contribution in [1.82, 2.24) is 0 Å². The molecule has 0 aliphatic carbocycles. The molecular weight excluding hydrogens is 1260 g/mol. The highest BCUT2D eigenvalue weighted by molar-refractivity contribution is 7.47. The maximum atomic E-state index is 13.1. The number of aliphatic hydroxyl groups is 1. The van der Waals surface area contributed by atoms with Crippen LogP contribution in [0.2, 0.25) is 0 Å². The van der Waals surface area contributed by atoms with Gasteiger partial charge in [-0.15, -0.1) is 0 Å². The summed E-state index contributed by atoms with van der Waals surface area (Å²) in [7, 11) is -9.93. The molecule has 4 unspecified atom stereocenters. The number of allylic oxidation sites excluding steroid dienone is 4. The van der Waals surface area contributed by atoms with E-state index in [-0.39, 0.29) is 25.7 Å². The largest absolute Gasteiger partial charge is 0.472 e. The second kappa shape index (κ2) is 67.1. The predicted molar refractivity (Wildman–Crippen MR) is 390 cm³/mol. The number of unbranched alkanes of at least 4 members (excludes halogenated alkanes) is 37. The second-order valence-electron chi connectivity index (χ2n) is 28.3. The van der Waals surface area contributed by atoms with Crippen LogP contribution in [0.4, 0.5) is 0 Å². The summed E-state index contributed by atoms with van der Waals surface area (Å²) >= 11 is 0. The highest BCUT2D eigenvalue weighted by atomic mass is 31.2. The Hall–Kier alpha value is -2.46. The molecule has 0 saturated heterocycles. The summed E-state index contributed by atoms with van der Waals surface area (Å²) in [5, 5.41) is 10.6. The predicted octanol–water partition coefficient (Wildman–Crippen LogP) is 22.1. The lowest BCUT2D eigenvalue weighted by molar-refractivity contribution is -0.161. The van der Waals surface area contributed by atoms with Crippen LogP contribution >= 0.6 is 15.6 Å². The van der Waals surface area contributed by atoms with Crippen molar-refractivity contribution in [3.8, 4) is 0 Å². The first-order valence-corrected chi connectivity index (χ1v) is 42.2. The van der Waals surface area contributed by atoms with Gasteiger partial charge in [0, 0.05) is 25.7 Å². The SMILES string of the molecule is CCCCCC/C=C\C=C/CCCCCCCC(=O)OC[C@H](COP(=O)(O)OCC(O)COP(=O)(O)OC[C@@H](COC(=O)CCCCCCCCCCC(C)C)OC(=O)CCCCCCCCCCCC(C)C)OC(=O)CCCCCCCCCCCCCCCCC(C)CC. The smallest absolute Gasteiger partial charge is 0.462 e. The van der Waals surface area contributed by atoms with Gasteiger partial charge in [0.2, 0.25) is 0 Å². The minimum atomic E-state index is -4.97. The summed E-state index contributed by atoms with van der Waals surface area (Å²) in [6.45, 7) is 11.8. The number of hydrogen-bond acceptors (Lipinski definition) is 15. The molecule has 0 amide bonds. The molecule has 0 aliphatic heterocycles. The van der Waals surface area contributed by atoms with Crippen molar-refractivity contribution in [3.05, 3.63) is 24.3 Å². The molecule has 19 heteroatoms. The van der Waals surface area contributed by atoms with E-state index in [0.717, 1.165) is 127 Å². The van der Waals surface area contributed by atoms with E-state index in [1.807, 2.05) is 0 Å². The van der Waals surface area contributed by atoms with Gasteiger partial charge in [-0.2, -0.15) is 0 Å². The van der Waals surface area contributed by atoms with Crippen molar-refractivity contribution >= 4 is 39.5 Å². The van der Waals surface area contributed by atoms with Crippen molar-refractivity contribution < 1.29 is 80.2 Å². The summed E-state index contributed by atoms with van der Waals surface area (Å²) in [5.41, 5.74) is 0. The van der Waals surface area contributed by atoms with Gasteiger partial charge in [0.25, 0.3) is 0 Å². The molecule has 0 fully saturated rings. The van der Waals surface area contributed by atoms with Crippen molar-refractivity contribution in [1.29, 1.82) is 0 Å². The van der Waals surface area contributed by atoms with E-state index in [1.54, 1.807) is 0 Å². The molecule has 566 valence electrons. The molecule has 96 heavy (non-hydrogen) atoms. The van der Waals surface area contributed by atoms with Crippen molar-refractivity contribution in [2.24, 2.45) is 17.8 Å². The van der Waals surface area contributed by atoms with Gasteiger partial charge in [-0.1, -0.05) is 317 Å². The van der Waals surface area contributed by atoms with Crippen LogP contribution in [-0.4, -0.2) is 96.7 Å². The molecule has 6 atom stereocenters. The fourth-order valence-electron chi connectivity index (χ4n) is 11.2. The fourth-order valence-corrected chi connectivity index (χ4v) is 12.8. The van der Waals surface area contributed by atoms with Crippen LogP contribution in [0.1, 0.15) is 370 Å². The molecule has 0 rings (SSSR count). The standard InChI is InChI=1S/C77H146O17P2/c1-8-10-11-12-13-14-15-16-17-21-24-29-37-44-51-58-74(79)87-64-72(93-76(81)60-53-46-39-30-25-22-19-18-20-23-28-36-43-50-57-70(7)9-2)66-91-95(83,84)89-62-71(78)63-90-96(85,86)92-67-73(65-88-75(80)59-52-45-38-33-32-35-42-49-56-69(5)6)94-77(82)61-54-47-40-31-26-27-34-41-48-55-68(3)4/h14-17,68-73,78H,8-13,18-67H2,1-7H3,(H,83,84)(H,85,86)/b15-14-,17-16-/t70?,71?,72-,73-/m1/s1. The molecule has 0 spiro atoms. The third kappa shape index (κ3) is 68.7. The Morgan fingerprint density at radius 2 is 0.615 bits per heavy atom. The monoisotopic (exact) mass is 1410 g/mol. The van der Waals surface area contributed by atoms with E-state index < -0.39 is 97.5 Å². The molecule has 0 heterocycles.